The van der Waals surface area contributed by atoms with E-state index in [1.54, 1.807) is 0 Å². The van der Waals surface area contributed by atoms with Crippen LogP contribution in [0.4, 0.5) is 11.4 Å². The van der Waals surface area contributed by atoms with Crippen molar-refractivity contribution < 1.29 is 19.2 Å². The third-order valence-electron chi connectivity index (χ3n) is 3.32. The molecule has 0 aromatic heterocycles. The molecule has 1 aromatic carbocycles. The quantitative estimate of drug-likeness (QED) is 0.514. The lowest BCUT2D eigenvalue weighted by atomic mass is 10.1. The van der Waals surface area contributed by atoms with Gasteiger partial charge in [-0.2, -0.15) is 0 Å². The van der Waals surface area contributed by atoms with E-state index < -0.39 is 10.9 Å². The first-order valence-corrected chi connectivity index (χ1v) is 6.24. The largest absolute Gasteiger partial charge is 0.465 e. The van der Waals surface area contributed by atoms with Crippen LogP contribution in [0.5, 0.6) is 0 Å². The van der Waals surface area contributed by atoms with E-state index in [1.807, 2.05) is 6.92 Å². The Hall–Kier alpha value is -2.15. The molecule has 1 aliphatic rings. The van der Waals surface area contributed by atoms with Crippen molar-refractivity contribution >= 4 is 17.3 Å². The fraction of sp³-hybridized carbons (Fsp3) is 0.462. The maximum absolute atomic E-state index is 11.5. The molecule has 2 unspecified atom stereocenters. The van der Waals surface area contributed by atoms with E-state index in [9.17, 15) is 14.9 Å². The topological polar surface area (TPSA) is 90.7 Å². The van der Waals surface area contributed by atoms with Crippen molar-refractivity contribution in [2.75, 3.05) is 25.6 Å². The Labute approximate surface area is 116 Å². The summed E-state index contributed by atoms with van der Waals surface area (Å²) >= 11 is 0. The monoisotopic (exact) mass is 280 g/mol. The predicted octanol–water partition coefficient (Wildman–Crippen LogP) is 1.83. The Bertz CT molecular complexity index is 531. The third-order valence-corrected chi connectivity index (χ3v) is 3.32. The molecule has 1 N–H and O–H groups in total. The number of nitrogens with zero attached hydrogens (tertiary/aromatic N) is 1. The Morgan fingerprint density at radius 2 is 2.25 bits per heavy atom. The smallest absolute Gasteiger partial charge is 0.337 e. The van der Waals surface area contributed by atoms with Crippen LogP contribution in [0.2, 0.25) is 0 Å². The number of anilines is 1. The zero-order valence-corrected chi connectivity index (χ0v) is 11.3. The highest BCUT2D eigenvalue weighted by molar-refractivity contribution is 5.91. The minimum absolute atomic E-state index is 0.0124. The molecule has 1 aromatic rings. The number of hydrogen-bond acceptors (Lipinski definition) is 6. The normalized spacial score (nSPS) is 21.5. The van der Waals surface area contributed by atoms with Gasteiger partial charge in [-0.15, -0.1) is 0 Å². The number of nitrogens with one attached hydrogen (secondary N) is 1. The summed E-state index contributed by atoms with van der Waals surface area (Å²) < 4.78 is 9.94. The Kier molecular flexibility index (Phi) is 4.19. The lowest BCUT2D eigenvalue weighted by Crippen LogP contribution is -2.26. The maximum Gasteiger partial charge on any atom is 0.337 e. The number of nitro benzene ring substituents is 1. The molecule has 7 heteroatoms. The highest BCUT2D eigenvalue weighted by atomic mass is 16.6. The number of rotatable bonds is 4. The molecule has 0 bridgehead atoms. The molecule has 20 heavy (non-hydrogen) atoms. The number of nitro groups is 1. The van der Waals surface area contributed by atoms with Gasteiger partial charge < -0.3 is 14.8 Å². The average molecular weight is 280 g/mol. The van der Waals surface area contributed by atoms with Crippen molar-refractivity contribution in [3.63, 3.8) is 0 Å². The molecule has 7 nitrogen and oxygen atoms in total. The van der Waals surface area contributed by atoms with Crippen molar-refractivity contribution in [2.45, 2.75) is 13.0 Å². The molecule has 0 saturated carbocycles. The highest BCUT2D eigenvalue weighted by Crippen LogP contribution is 2.28. The second-order valence-corrected chi connectivity index (χ2v) is 4.75. The molecule has 2 atom stereocenters. The minimum Gasteiger partial charge on any atom is -0.465 e. The van der Waals surface area contributed by atoms with E-state index in [0.717, 1.165) is 0 Å². The molecule has 1 aliphatic heterocycles. The van der Waals surface area contributed by atoms with E-state index in [-0.39, 0.29) is 23.2 Å². The van der Waals surface area contributed by atoms with Gasteiger partial charge in [0.1, 0.15) is 5.69 Å². The molecule has 1 heterocycles. The average Bonchev–Trinajstić information content (AvgIpc) is 2.83. The van der Waals surface area contributed by atoms with E-state index in [4.69, 9.17) is 4.74 Å². The Balaban J connectivity index is 2.31. The Morgan fingerprint density at radius 1 is 1.50 bits per heavy atom. The fourth-order valence-electron chi connectivity index (χ4n) is 2.10. The molecule has 108 valence electrons. The number of methoxy groups -OCH3 is 1. The highest BCUT2D eigenvalue weighted by Gasteiger charge is 2.27. The van der Waals surface area contributed by atoms with Crippen LogP contribution in [0.1, 0.15) is 17.3 Å². The van der Waals surface area contributed by atoms with E-state index >= 15 is 0 Å². The molecular weight excluding hydrogens is 264 g/mol. The maximum atomic E-state index is 11.5. The molecular formula is C13H16N2O5. The zero-order valence-electron chi connectivity index (χ0n) is 11.3. The fourth-order valence-corrected chi connectivity index (χ4v) is 2.10. The molecule has 0 amide bonds. The van der Waals surface area contributed by atoms with E-state index in [2.05, 4.69) is 10.1 Å². The summed E-state index contributed by atoms with van der Waals surface area (Å²) in [7, 11) is 1.27. The minimum atomic E-state index is -0.529. The summed E-state index contributed by atoms with van der Waals surface area (Å²) in [5, 5.41) is 14.1. The van der Waals surface area contributed by atoms with Gasteiger partial charge in [0, 0.05) is 12.0 Å². The number of carbonyl (C=O) groups excluding carboxylic acids is 1. The van der Waals surface area contributed by atoms with E-state index in [0.29, 0.717) is 18.9 Å². The van der Waals surface area contributed by atoms with Crippen LogP contribution in [0.15, 0.2) is 18.2 Å². The predicted molar refractivity (Wildman–Crippen MR) is 71.8 cm³/mol. The molecule has 2 rings (SSSR count). The SMILES string of the molecule is COC(=O)c1ccc([N+](=O)[O-])c(NC2COCC2C)c1. The molecule has 0 spiro atoms. The molecule has 0 radical (unpaired) electrons. The van der Waals surface area contributed by atoms with Gasteiger partial charge >= 0.3 is 5.97 Å². The van der Waals surface area contributed by atoms with Crippen LogP contribution in [0.25, 0.3) is 0 Å². The van der Waals surface area contributed by atoms with Crippen LogP contribution < -0.4 is 5.32 Å². The van der Waals surface area contributed by atoms with Gasteiger partial charge in [-0.05, 0) is 12.1 Å². The lowest BCUT2D eigenvalue weighted by Gasteiger charge is -2.17. The number of ether oxygens (including phenoxy) is 2. The third kappa shape index (κ3) is 2.88. The summed E-state index contributed by atoms with van der Waals surface area (Å²) in [6, 6.07) is 4.11. The second kappa shape index (κ2) is 5.87. The summed E-state index contributed by atoms with van der Waals surface area (Å²) in [5.41, 5.74) is 0.504. The Morgan fingerprint density at radius 3 is 2.80 bits per heavy atom. The van der Waals surface area contributed by atoms with Crippen LogP contribution in [0, 0.1) is 16.0 Å². The standard InChI is InChI=1S/C13H16N2O5/c1-8-6-20-7-11(8)14-10-5-9(13(16)19-2)3-4-12(10)15(17)18/h3-5,8,11,14H,6-7H2,1-2H3. The van der Waals surface area contributed by atoms with Gasteiger partial charge in [-0.1, -0.05) is 6.92 Å². The van der Waals surface area contributed by atoms with Crippen molar-refractivity contribution in [1.82, 2.24) is 0 Å². The van der Waals surface area contributed by atoms with Crippen molar-refractivity contribution in [1.29, 1.82) is 0 Å². The van der Waals surface area contributed by atoms with Crippen LogP contribution in [-0.2, 0) is 9.47 Å². The van der Waals surface area contributed by atoms with Gasteiger partial charge in [0.25, 0.3) is 5.69 Å². The molecule has 1 fully saturated rings. The van der Waals surface area contributed by atoms with Crippen LogP contribution >= 0.6 is 0 Å². The van der Waals surface area contributed by atoms with Crippen LogP contribution in [-0.4, -0.2) is 37.3 Å². The number of esters is 1. The molecule has 0 aliphatic carbocycles. The number of benzene rings is 1. The first-order chi connectivity index (χ1) is 9.52. The van der Waals surface area contributed by atoms with Gasteiger partial charge in [0.15, 0.2) is 0 Å². The zero-order chi connectivity index (χ0) is 14.7. The summed E-state index contributed by atoms with van der Waals surface area (Å²) in [6.07, 6.45) is 0. The van der Waals surface area contributed by atoms with E-state index in [1.165, 1.54) is 25.3 Å². The number of hydrogen-bond donors (Lipinski definition) is 1. The lowest BCUT2D eigenvalue weighted by molar-refractivity contribution is -0.384. The van der Waals surface area contributed by atoms with Crippen LogP contribution in [0.3, 0.4) is 0 Å². The van der Waals surface area contributed by atoms with Crippen molar-refractivity contribution in [3.05, 3.63) is 33.9 Å². The van der Waals surface area contributed by atoms with Crippen molar-refractivity contribution in [2.24, 2.45) is 5.92 Å². The second-order valence-electron chi connectivity index (χ2n) is 4.75. The number of carbonyl (C=O) groups is 1. The van der Waals surface area contributed by atoms with Gasteiger partial charge in [-0.25, -0.2) is 4.79 Å². The first kappa shape index (κ1) is 14.3. The van der Waals surface area contributed by atoms with Gasteiger partial charge in [0.05, 0.1) is 36.9 Å². The van der Waals surface area contributed by atoms with Gasteiger partial charge in [0.2, 0.25) is 0 Å². The summed E-state index contributed by atoms with van der Waals surface area (Å²) in [4.78, 5) is 22.1. The summed E-state index contributed by atoms with van der Waals surface area (Å²) in [6.45, 7) is 3.10. The van der Waals surface area contributed by atoms with Gasteiger partial charge in [-0.3, -0.25) is 10.1 Å². The molecule has 1 saturated heterocycles. The first-order valence-electron chi connectivity index (χ1n) is 6.24. The summed E-state index contributed by atoms with van der Waals surface area (Å²) in [5.74, 6) is -0.282. The van der Waals surface area contributed by atoms with Crippen molar-refractivity contribution in [3.8, 4) is 0 Å².